The van der Waals surface area contributed by atoms with Crippen molar-refractivity contribution in [3.8, 4) is 0 Å². The van der Waals surface area contributed by atoms with Crippen molar-refractivity contribution >= 4 is 0 Å². The minimum atomic E-state index is -4.13. The second kappa shape index (κ2) is 5.48. The van der Waals surface area contributed by atoms with Gasteiger partial charge in [0.05, 0.1) is 5.92 Å². The van der Waals surface area contributed by atoms with E-state index in [0.29, 0.717) is 37.1 Å². The molecule has 0 amide bonds. The van der Waals surface area contributed by atoms with Crippen LogP contribution in [0.2, 0.25) is 0 Å². The summed E-state index contributed by atoms with van der Waals surface area (Å²) in [5.74, 6) is 0.0601. The molecule has 1 aliphatic rings. The molecular weight excluding hydrogens is 257 g/mol. The first-order valence-electron chi connectivity index (χ1n) is 6.59. The van der Waals surface area contributed by atoms with Crippen LogP contribution in [0.15, 0.2) is 0 Å². The van der Waals surface area contributed by atoms with Crippen molar-refractivity contribution in [2.24, 2.45) is 5.92 Å². The molecule has 0 saturated carbocycles. The molecule has 7 heteroatoms. The largest absolute Gasteiger partial charge is 0.393 e. The van der Waals surface area contributed by atoms with Gasteiger partial charge in [-0.05, 0) is 6.42 Å². The van der Waals surface area contributed by atoms with Crippen molar-refractivity contribution < 1.29 is 13.2 Å². The fraction of sp³-hybridized carbons (Fsp3) is 0.833. The average Bonchev–Trinajstić information content (AvgIpc) is 2.70. The van der Waals surface area contributed by atoms with E-state index >= 15 is 0 Å². The third-order valence-corrected chi connectivity index (χ3v) is 3.39. The van der Waals surface area contributed by atoms with Crippen molar-refractivity contribution in [1.29, 1.82) is 0 Å². The molecule has 108 valence electrons. The lowest BCUT2D eigenvalue weighted by Gasteiger charge is -2.26. The lowest BCUT2D eigenvalue weighted by molar-refractivity contribution is -0.182. The van der Waals surface area contributed by atoms with Gasteiger partial charge in [-0.25, -0.2) is 0 Å². The van der Waals surface area contributed by atoms with Gasteiger partial charge in [0.2, 0.25) is 0 Å². The Morgan fingerprint density at radius 1 is 1.37 bits per heavy atom. The minimum Gasteiger partial charge on any atom is -0.314 e. The SMILES string of the molecule is CC(C)NCCc1nnc2n1CC(C(F)(F)F)CC2. The number of halogens is 3. The molecule has 0 aromatic carbocycles. The predicted octanol–water partition coefficient (Wildman–Crippen LogP) is 1.94. The second-order valence-electron chi connectivity index (χ2n) is 5.28. The summed E-state index contributed by atoms with van der Waals surface area (Å²) < 4.78 is 39.9. The van der Waals surface area contributed by atoms with Crippen molar-refractivity contribution in [2.75, 3.05) is 6.54 Å². The highest BCUT2D eigenvalue weighted by Crippen LogP contribution is 2.34. The summed E-state index contributed by atoms with van der Waals surface area (Å²) in [6, 6.07) is 0.353. The Morgan fingerprint density at radius 2 is 2.11 bits per heavy atom. The van der Waals surface area contributed by atoms with E-state index < -0.39 is 12.1 Å². The van der Waals surface area contributed by atoms with Crippen LogP contribution in [0.5, 0.6) is 0 Å². The number of alkyl halides is 3. The topological polar surface area (TPSA) is 42.7 Å². The van der Waals surface area contributed by atoms with Gasteiger partial charge in [0.15, 0.2) is 0 Å². The summed E-state index contributed by atoms with van der Waals surface area (Å²) in [6.45, 7) is 4.72. The Bertz CT molecular complexity index is 425. The van der Waals surface area contributed by atoms with Crippen molar-refractivity contribution in [3.05, 3.63) is 11.6 Å². The molecular formula is C12H19F3N4. The van der Waals surface area contributed by atoms with Crippen LogP contribution < -0.4 is 5.32 Å². The number of rotatable bonds is 4. The number of nitrogens with zero attached hydrogens (tertiary/aromatic N) is 3. The molecule has 0 fully saturated rings. The fourth-order valence-corrected chi connectivity index (χ4v) is 2.31. The number of hydrogen-bond donors (Lipinski definition) is 1. The smallest absolute Gasteiger partial charge is 0.314 e. The Labute approximate surface area is 110 Å². The summed E-state index contributed by atoms with van der Waals surface area (Å²) in [4.78, 5) is 0. The van der Waals surface area contributed by atoms with E-state index in [9.17, 15) is 13.2 Å². The zero-order valence-electron chi connectivity index (χ0n) is 11.2. The van der Waals surface area contributed by atoms with Gasteiger partial charge in [-0.3, -0.25) is 0 Å². The molecule has 0 bridgehead atoms. The monoisotopic (exact) mass is 276 g/mol. The zero-order chi connectivity index (χ0) is 14.0. The Kier molecular flexibility index (Phi) is 4.13. The first-order valence-corrected chi connectivity index (χ1v) is 6.59. The van der Waals surface area contributed by atoms with Crippen LogP contribution in [-0.2, 0) is 19.4 Å². The first kappa shape index (κ1) is 14.3. The van der Waals surface area contributed by atoms with E-state index in [1.165, 1.54) is 0 Å². The third kappa shape index (κ3) is 3.46. The van der Waals surface area contributed by atoms with Gasteiger partial charge in [-0.2, -0.15) is 13.2 Å². The zero-order valence-corrected chi connectivity index (χ0v) is 11.2. The van der Waals surface area contributed by atoms with Gasteiger partial charge in [-0.15, -0.1) is 10.2 Å². The Morgan fingerprint density at radius 3 is 2.74 bits per heavy atom. The van der Waals surface area contributed by atoms with E-state index in [2.05, 4.69) is 15.5 Å². The van der Waals surface area contributed by atoms with Crippen LogP contribution in [0, 0.1) is 5.92 Å². The molecule has 0 radical (unpaired) electrons. The molecule has 4 nitrogen and oxygen atoms in total. The van der Waals surface area contributed by atoms with Crippen molar-refractivity contribution in [1.82, 2.24) is 20.1 Å². The van der Waals surface area contributed by atoms with Gasteiger partial charge in [0, 0.05) is 32.0 Å². The number of nitrogens with one attached hydrogen (secondary N) is 1. The van der Waals surface area contributed by atoms with Gasteiger partial charge in [0.1, 0.15) is 11.6 Å². The van der Waals surface area contributed by atoms with Gasteiger partial charge < -0.3 is 9.88 Å². The molecule has 1 unspecified atom stereocenters. The molecule has 19 heavy (non-hydrogen) atoms. The molecule has 2 heterocycles. The van der Waals surface area contributed by atoms with Crippen LogP contribution in [0.3, 0.4) is 0 Å². The van der Waals surface area contributed by atoms with Crippen LogP contribution in [0.25, 0.3) is 0 Å². The Hall–Kier alpha value is -1.11. The molecule has 1 aliphatic heterocycles. The minimum absolute atomic E-state index is 0.0388. The van der Waals surface area contributed by atoms with Crippen LogP contribution >= 0.6 is 0 Å². The molecule has 1 aromatic rings. The van der Waals surface area contributed by atoms with E-state index in [1.54, 1.807) is 4.57 Å². The molecule has 0 spiro atoms. The van der Waals surface area contributed by atoms with Crippen molar-refractivity contribution in [3.63, 3.8) is 0 Å². The Balaban J connectivity index is 2.03. The van der Waals surface area contributed by atoms with E-state index in [4.69, 9.17) is 0 Å². The lowest BCUT2D eigenvalue weighted by atomic mass is 9.99. The van der Waals surface area contributed by atoms with Crippen LogP contribution in [0.1, 0.15) is 31.9 Å². The van der Waals surface area contributed by atoms with Gasteiger partial charge in [0.25, 0.3) is 0 Å². The quantitative estimate of drug-likeness (QED) is 0.914. The maximum atomic E-state index is 12.8. The molecule has 1 aromatic heterocycles. The second-order valence-corrected chi connectivity index (χ2v) is 5.28. The summed E-state index contributed by atoms with van der Waals surface area (Å²) in [5.41, 5.74) is 0. The van der Waals surface area contributed by atoms with Crippen molar-refractivity contribution in [2.45, 2.75) is 51.9 Å². The lowest BCUT2D eigenvalue weighted by Crippen LogP contribution is -2.33. The van der Waals surface area contributed by atoms with E-state index in [-0.39, 0.29) is 13.0 Å². The normalized spacial score (nSPS) is 19.8. The number of aryl methyl sites for hydroxylation is 1. The third-order valence-electron chi connectivity index (χ3n) is 3.39. The summed E-state index contributed by atoms with van der Waals surface area (Å²) in [5, 5.41) is 11.2. The maximum absolute atomic E-state index is 12.8. The molecule has 2 rings (SSSR count). The summed E-state index contributed by atoms with van der Waals surface area (Å²) >= 11 is 0. The highest BCUT2D eigenvalue weighted by atomic mass is 19.4. The number of aromatic nitrogens is 3. The number of hydrogen-bond acceptors (Lipinski definition) is 3. The maximum Gasteiger partial charge on any atom is 0.393 e. The molecule has 0 saturated heterocycles. The average molecular weight is 276 g/mol. The molecule has 1 atom stereocenters. The highest BCUT2D eigenvalue weighted by Gasteiger charge is 2.42. The summed E-state index contributed by atoms with van der Waals surface area (Å²) in [7, 11) is 0. The van der Waals surface area contributed by atoms with Gasteiger partial charge in [-0.1, -0.05) is 13.8 Å². The first-order chi connectivity index (χ1) is 8.88. The summed E-state index contributed by atoms with van der Waals surface area (Å²) in [6.07, 6.45) is -3.05. The molecule has 0 aliphatic carbocycles. The van der Waals surface area contributed by atoms with E-state index in [1.807, 2.05) is 13.8 Å². The highest BCUT2D eigenvalue weighted by molar-refractivity contribution is 5.01. The fourth-order valence-electron chi connectivity index (χ4n) is 2.31. The van der Waals surface area contributed by atoms with Gasteiger partial charge >= 0.3 is 6.18 Å². The molecule has 1 N–H and O–H groups in total. The van der Waals surface area contributed by atoms with E-state index in [0.717, 1.165) is 0 Å². The van der Waals surface area contributed by atoms with Crippen LogP contribution in [-0.4, -0.2) is 33.5 Å². The predicted molar refractivity (Wildman–Crippen MR) is 64.7 cm³/mol. The van der Waals surface area contributed by atoms with Crippen LogP contribution in [0.4, 0.5) is 13.2 Å². The standard InChI is InChI=1S/C12H19F3N4/c1-8(2)16-6-5-11-18-17-10-4-3-9(7-19(10)11)12(13,14)15/h8-9,16H,3-7H2,1-2H3. The number of fused-ring (bicyclic) bond motifs is 1.